The van der Waals surface area contributed by atoms with Gasteiger partial charge in [-0.3, -0.25) is 9.88 Å². The van der Waals surface area contributed by atoms with Gasteiger partial charge in [0.1, 0.15) is 12.1 Å². The van der Waals surface area contributed by atoms with E-state index in [4.69, 9.17) is 0 Å². The number of fused-ring (bicyclic) bond motifs is 1. The molecule has 0 fully saturated rings. The molecule has 0 aliphatic carbocycles. The number of nitrogens with zero attached hydrogens (tertiary/aromatic N) is 4. The highest BCUT2D eigenvalue weighted by atomic mass is 19.1. The number of rotatable bonds is 3. The van der Waals surface area contributed by atoms with E-state index in [2.05, 4.69) is 32.0 Å². The van der Waals surface area contributed by atoms with Crippen LogP contribution in [-0.2, 0) is 19.4 Å². The maximum absolute atomic E-state index is 13.2. The molecular formula is C20H19FN4. The Hall–Kier alpha value is -2.66. The van der Waals surface area contributed by atoms with Gasteiger partial charge in [-0.2, -0.15) is 0 Å². The summed E-state index contributed by atoms with van der Waals surface area (Å²) >= 11 is 0. The van der Waals surface area contributed by atoms with Crippen molar-refractivity contribution in [2.24, 2.45) is 0 Å². The molecule has 1 aliphatic rings. The molecule has 4 nitrogen and oxygen atoms in total. The molecule has 0 saturated heterocycles. The summed E-state index contributed by atoms with van der Waals surface area (Å²) in [5.41, 5.74) is 5.43. The summed E-state index contributed by atoms with van der Waals surface area (Å²) in [6.07, 6.45) is 7.08. The molecular weight excluding hydrogens is 315 g/mol. The zero-order valence-corrected chi connectivity index (χ0v) is 13.9. The molecule has 0 atom stereocenters. The first-order chi connectivity index (χ1) is 12.3. The molecule has 0 bridgehead atoms. The van der Waals surface area contributed by atoms with Crippen molar-refractivity contribution >= 4 is 0 Å². The number of hydrogen-bond acceptors (Lipinski definition) is 4. The van der Waals surface area contributed by atoms with Gasteiger partial charge in [0.15, 0.2) is 0 Å². The molecule has 4 rings (SSSR count). The Kier molecular flexibility index (Phi) is 4.48. The number of hydrogen-bond donors (Lipinski definition) is 0. The number of benzene rings is 1. The van der Waals surface area contributed by atoms with Crippen LogP contribution in [0.3, 0.4) is 0 Å². The van der Waals surface area contributed by atoms with Gasteiger partial charge in [-0.25, -0.2) is 14.4 Å². The molecule has 3 heterocycles. The lowest BCUT2D eigenvalue weighted by molar-refractivity contribution is 0.279. The molecule has 0 unspecified atom stereocenters. The third-order valence-corrected chi connectivity index (χ3v) is 4.65. The molecule has 1 aromatic carbocycles. The van der Waals surface area contributed by atoms with E-state index in [1.165, 1.54) is 23.3 Å². The standard InChI is InChI=1S/C20H19FN4/c21-17-3-1-16(2-4-17)20-18-7-11-25(12-8-19(18)23-14-24-20)13-15-5-9-22-10-6-15/h1-6,9-10,14H,7-8,11-13H2. The molecule has 0 spiro atoms. The van der Waals surface area contributed by atoms with Crippen molar-refractivity contribution in [2.75, 3.05) is 13.1 Å². The fourth-order valence-corrected chi connectivity index (χ4v) is 3.33. The van der Waals surface area contributed by atoms with Crippen molar-refractivity contribution in [3.8, 4) is 11.3 Å². The maximum Gasteiger partial charge on any atom is 0.123 e. The van der Waals surface area contributed by atoms with Crippen LogP contribution in [0.5, 0.6) is 0 Å². The molecule has 2 aromatic heterocycles. The largest absolute Gasteiger partial charge is 0.298 e. The highest BCUT2D eigenvalue weighted by molar-refractivity contribution is 5.63. The summed E-state index contributed by atoms with van der Waals surface area (Å²) < 4.78 is 13.2. The lowest BCUT2D eigenvalue weighted by Gasteiger charge is -2.19. The van der Waals surface area contributed by atoms with Crippen molar-refractivity contribution in [2.45, 2.75) is 19.4 Å². The van der Waals surface area contributed by atoms with Crippen molar-refractivity contribution in [3.63, 3.8) is 0 Å². The molecule has 5 heteroatoms. The van der Waals surface area contributed by atoms with E-state index >= 15 is 0 Å². The average molecular weight is 334 g/mol. The summed E-state index contributed by atoms with van der Waals surface area (Å²) in [6.45, 7) is 2.84. The first kappa shape index (κ1) is 15.8. The topological polar surface area (TPSA) is 41.9 Å². The van der Waals surface area contributed by atoms with E-state index in [0.717, 1.165) is 49.4 Å². The van der Waals surface area contributed by atoms with Crippen molar-refractivity contribution in [1.82, 2.24) is 19.9 Å². The zero-order valence-electron chi connectivity index (χ0n) is 13.9. The Morgan fingerprint density at radius 1 is 0.920 bits per heavy atom. The third-order valence-electron chi connectivity index (χ3n) is 4.65. The second-order valence-electron chi connectivity index (χ2n) is 6.29. The van der Waals surface area contributed by atoms with Crippen LogP contribution in [-0.4, -0.2) is 32.9 Å². The zero-order chi connectivity index (χ0) is 17.1. The second-order valence-corrected chi connectivity index (χ2v) is 6.29. The van der Waals surface area contributed by atoms with Crippen molar-refractivity contribution in [1.29, 1.82) is 0 Å². The van der Waals surface area contributed by atoms with Crippen LogP contribution < -0.4 is 0 Å². The van der Waals surface area contributed by atoms with Gasteiger partial charge in [-0.05, 0) is 48.4 Å². The van der Waals surface area contributed by atoms with Gasteiger partial charge in [0.05, 0.1) is 5.69 Å². The summed E-state index contributed by atoms with van der Waals surface area (Å²) in [5, 5.41) is 0. The van der Waals surface area contributed by atoms with Crippen LogP contribution >= 0.6 is 0 Å². The van der Waals surface area contributed by atoms with Gasteiger partial charge >= 0.3 is 0 Å². The fourth-order valence-electron chi connectivity index (χ4n) is 3.33. The lowest BCUT2D eigenvalue weighted by Crippen LogP contribution is -2.25. The smallest absolute Gasteiger partial charge is 0.123 e. The molecule has 0 N–H and O–H groups in total. The Morgan fingerprint density at radius 2 is 1.68 bits per heavy atom. The SMILES string of the molecule is Fc1ccc(-c2ncnc3c2CCN(Cc2ccncc2)CC3)cc1. The Bertz CT molecular complexity index is 849. The van der Waals surface area contributed by atoms with Crippen LogP contribution in [0.2, 0.25) is 0 Å². The van der Waals surface area contributed by atoms with E-state index in [9.17, 15) is 4.39 Å². The molecule has 0 saturated carbocycles. The third kappa shape index (κ3) is 3.56. The second kappa shape index (κ2) is 7.07. The highest BCUT2D eigenvalue weighted by Crippen LogP contribution is 2.26. The van der Waals surface area contributed by atoms with E-state index in [1.54, 1.807) is 18.5 Å². The van der Waals surface area contributed by atoms with Gasteiger partial charge < -0.3 is 0 Å². The summed E-state index contributed by atoms with van der Waals surface area (Å²) in [7, 11) is 0. The van der Waals surface area contributed by atoms with Gasteiger partial charge in [-0.15, -0.1) is 0 Å². The normalized spacial score (nSPS) is 14.8. The number of pyridine rings is 1. The summed E-state index contributed by atoms with van der Waals surface area (Å²) in [4.78, 5) is 15.5. The fraction of sp³-hybridized carbons (Fsp3) is 0.250. The Labute approximate surface area is 146 Å². The van der Waals surface area contributed by atoms with E-state index in [-0.39, 0.29) is 5.82 Å². The van der Waals surface area contributed by atoms with E-state index in [0.29, 0.717) is 0 Å². The number of halogens is 1. The molecule has 25 heavy (non-hydrogen) atoms. The quantitative estimate of drug-likeness (QED) is 0.737. The first-order valence-corrected chi connectivity index (χ1v) is 8.49. The molecule has 3 aromatic rings. The van der Waals surface area contributed by atoms with Crippen LogP contribution in [0.25, 0.3) is 11.3 Å². The van der Waals surface area contributed by atoms with Crippen molar-refractivity contribution < 1.29 is 4.39 Å². The molecule has 1 aliphatic heterocycles. The summed E-state index contributed by atoms with van der Waals surface area (Å²) in [6, 6.07) is 10.7. The van der Waals surface area contributed by atoms with Gasteiger partial charge in [0.2, 0.25) is 0 Å². The minimum Gasteiger partial charge on any atom is -0.298 e. The van der Waals surface area contributed by atoms with Crippen LogP contribution in [0.4, 0.5) is 4.39 Å². The minimum atomic E-state index is -0.229. The maximum atomic E-state index is 13.2. The van der Waals surface area contributed by atoms with Gasteiger partial charge in [0.25, 0.3) is 0 Å². The van der Waals surface area contributed by atoms with Crippen molar-refractivity contribution in [3.05, 3.63) is 77.8 Å². The van der Waals surface area contributed by atoms with E-state index in [1.807, 2.05) is 12.4 Å². The van der Waals surface area contributed by atoms with Gasteiger partial charge in [-0.1, -0.05) is 0 Å². The van der Waals surface area contributed by atoms with E-state index < -0.39 is 0 Å². The Morgan fingerprint density at radius 3 is 2.48 bits per heavy atom. The molecule has 126 valence electrons. The monoisotopic (exact) mass is 334 g/mol. The molecule has 0 amide bonds. The average Bonchev–Trinajstić information content (AvgIpc) is 2.86. The van der Waals surface area contributed by atoms with Gasteiger partial charge in [0, 0.05) is 55.3 Å². The number of aromatic nitrogens is 3. The van der Waals surface area contributed by atoms with Crippen LogP contribution in [0, 0.1) is 5.82 Å². The highest BCUT2D eigenvalue weighted by Gasteiger charge is 2.19. The predicted molar refractivity (Wildman–Crippen MR) is 94.3 cm³/mol. The minimum absolute atomic E-state index is 0.229. The lowest BCUT2D eigenvalue weighted by atomic mass is 10.0. The van der Waals surface area contributed by atoms with Crippen LogP contribution in [0.1, 0.15) is 16.8 Å². The Balaban J connectivity index is 1.57. The molecule has 0 radical (unpaired) electrons. The summed E-state index contributed by atoms with van der Waals surface area (Å²) in [5.74, 6) is -0.229. The predicted octanol–water partition coefficient (Wildman–Crippen LogP) is 3.28. The first-order valence-electron chi connectivity index (χ1n) is 8.49. The van der Waals surface area contributed by atoms with Crippen LogP contribution in [0.15, 0.2) is 55.1 Å².